The van der Waals surface area contributed by atoms with Gasteiger partial charge in [0.15, 0.2) is 0 Å². The zero-order valence-electron chi connectivity index (χ0n) is 12.0. The molecule has 0 amide bonds. The van der Waals surface area contributed by atoms with E-state index in [9.17, 15) is 14.9 Å². The average molecular weight is 284 g/mol. The first-order valence-electron chi connectivity index (χ1n) is 6.62. The number of aromatic nitrogens is 2. The van der Waals surface area contributed by atoms with E-state index in [-0.39, 0.29) is 18.1 Å². The van der Waals surface area contributed by atoms with Crippen LogP contribution in [0.3, 0.4) is 0 Å². The molecule has 0 unspecified atom stereocenters. The van der Waals surface area contributed by atoms with Crippen LogP contribution in [-0.4, -0.2) is 33.8 Å². The molecule has 0 aliphatic rings. The monoisotopic (exact) mass is 284 g/mol. The van der Waals surface area contributed by atoms with E-state index in [2.05, 4.69) is 10.4 Å². The summed E-state index contributed by atoms with van der Waals surface area (Å²) < 4.78 is 6.37. The lowest BCUT2D eigenvalue weighted by molar-refractivity contribution is -0.384. The Labute approximate surface area is 117 Å². The average Bonchev–Trinajstić information content (AvgIpc) is 2.71. The van der Waals surface area contributed by atoms with Gasteiger partial charge in [-0.3, -0.25) is 14.9 Å². The quantitative estimate of drug-likeness (QED) is 0.338. The van der Waals surface area contributed by atoms with Gasteiger partial charge in [-0.25, -0.2) is 4.68 Å². The van der Waals surface area contributed by atoms with Crippen LogP contribution in [0.4, 0.5) is 11.5 Å². The SMILES string of the molecule is CCOC(=O)CCCNc1c([N+](=O)[O-])c(C)nn1CC. The Morgan fingerprint density at radius 3 is 2.75 bits per heavy atom. The minimum atomic E-state index is -0.442. The van der Waals surface area contributed by atoms with E-state index in [4.69, 9.17) is 4.74 Å². The lowest BCUT2D eigenvalue weighted by atomic mass is 10.3. The molecule has 20 heavy (non-hydrogen) atoms. The summed E-state index contributed by atoms with van der Waals surface area (Å²) in [5.41, 5.74) is 0.368. The fourth-order valence-corrected chi connectivity index (χ4v) is 1.87. The van der Waals surface area contributed by atoms with E-state index in [0.717, 1.165) is 0 Å². The van der Waals surface area contributed by atoms with Gasteiger partial charge in [-0.15, -0.1) is 0 Å². The Hall–Kier alpha value is -2.12. The minimum absolute atomic E-state index is 0.0111. The topological polar surface area (TPSA) is 99.3 Å². The smallest absolute Gasteiger partial charge is 0.333 e. The minimum Gasteiger partial charge on any atom is -0.466 e. The van der Waals surface area contributed by atoms with Crippen molar-refractivity contribution < 1.29 is 14.5 Å². The van der Waals surface area contributed by atoms with E-state index >= 15 is 0 Å². The van der Waals surface area contributed by atoms with Crippen LogP contribution in [0.25, 0.3) is 0 Å². The van der Waals surface area contributed by atoms with Crippen LogP contribution in [0.2, 0.25) is 0 Å². The lowest BCUT2D eigenvalue weighted by Crippen LogP contribution is -2.12. The molecule has 8 heteroatoms. The summed E-state index contributed by atoms with van der Waals surface area (Å²) in [6.07, 6.45) is 0.831. The molecule has 0 fully saturated rings. The first-order valence-corrected chi connectivity index (χ1v) is 6.62. The van der Waals surface area contributed by atoms with E-state index in [1.165, 1.54) is 0 Å². The van der Waals surface area contributed by atoms with E-state index < -0.39 is 4.92 Å². The number of esters is 1. The Kier molecular flexibility index (Phi) is 5.95. The Balaban J connectivity index is 2.63. The maximum atomic E-state index is 11.2. The Bertz CT molecular complexity index is 484. The summed E-state index contributed by atoms with van der Waals surface area (Å²) in [4.78, 5) is 21.8. The van der Waals surface area contributed by atoms with Crippen LogP contribution in [0.15, 0.2) is 0 Å². The summed E-state index contributed by atoms with van der Waals surface area (Å²) in [6.45, 7) is 6.56. The third-order valence-corrected chi connectivity index (χ3v) is 2.73. The normalized spacial score (nSPS) is 10.3. The van der Waals surface area contributed by atoms with Crippen molar-refractivity contribution in [1.82, 2.24) is 9.78 Å². The van der Waals surface area contributed by atoms with Crippen molar-refractivity contribution in [3.8, 4) is 0 Å². The molecular formula is C12H20N4O4. The molecular weight excluding hydrogens is 264 g/mol. The highest BCUT2D eigenvalue weighted by atomic mass is 16.6. The van der Waals surface area contributed by atoms with Gasteiger partial charge in [0.1, 0.15) is 5.69 Å². The van der Waals surface area contributed by atoms with Crippen LogP contribution < -0.4 is 5.32 Å². The molecule has 112 valence electrons. The largest absolute Gasteiger partial charge is 0.466 e. The number of carbonyl (C=O) groups is 1. The Morgan fingerprint density at radius 2 is 2.20 bits per heavy atom. The molecule has 1 N–H and O–H groups in total. The molecule has 0 aliphatic heterocycles. The van der Waals surface area contributed by atoms with Gasteiger partial charge in [0.2, 0.25) is 5.82 Å². The molecule has 0 atom stereocenters. The van der Waals surface area contributed by atoms with Gasteiger partial charge in [0.05, 0.1) is 11.5 Å². The zero-order chi connectivity index (χ0) is 15.1. The fraction of sp³-hybridized carbons (Fsp3) is 0.667. The number of aryl methyl sites for hydroxylation is 2. The van der Waals surface area contributed by atoms with Crippen LogP contribution in [-0.2, 0) is 16.1 Å². The third-order valence-electron chi connectivity index (χ3n) is 2.73. The van der Waals surface area contributed by atoms with Gasteiger partial charge in [0, 0.05) is 19.5 Å². The summed E-state index contributed by atoms with van der Waals surface area (Å²) >= 11 is 0. The molecule has 0 aliphatic carbocycles. The summed E-state index contributed by atoms with van der Waals surface area (Å²) in [7, 11) is 0. The van der Waals surface area contributed by atoms with Crippen LogP contribution in [0.1, 0.15) is 32.4 Å². The van der Waals surface area contributed by atoms with Gasteiger partial charge >= 0.3 is 11.7 Å². The number of rotatable bonds is 8. The van der Waals surface area contributed by atoms with Crippen molar-refractivity contribution >= 4 is 17.5 Å². The predicted octanol–water partition coefficient (Wildman–Crippen LogP) is 1.87. The molecule has 0 saturated carbocycles. The summed E-state index contributed by atoms with van der Waals surface area (Å²) in [5, 5.41) is 18.1. The maximum Gasteiger partial charge on any atom is 0.333 e. The van der Waals surface area contributed by atoms with Crippen molar-refractivity contribution in [1.29, 1.82) is 0 Å². The number of nitro groups is 1. The molecule has 1 aromatic heterocycles. The summed E-state index contributed by atoms with van der Waals surface area (Å²) in [6, 6.07) is 0. The molecule has 1 aromatic rings. The molecule has 1 heterocycles. The molecule has 0 aromatic carbocycles. The molecule has 0 bridgehead atoms. The van der Waals surface area contributed by atoms with E-state index in [1.807, 2.05) is 6.92 Å². The van der Waals surface area contributed by atoms with Crippen molar-refractivity contribution in [2.24, 2.45) is 0 Å². The lowest BCUT2D eigenvalue weighted by Gasteiger charge is -2.07. The number of hydrogen-bond acceptors (Lipinski definition) is 6. The molecule has 1 rings (SSSR count). The van der Waals surface area contributed by atoms with Crippen LogP contribution in [0, 0.1) is 17.0 Å². The first-order chi connectivity index (χ1) is 9.51. The van der Waals surface area contributed by atoms with Crippen LogP contribution in [0.5, 0.6) is 0 Å². The second-order valence-corrected chi connectivity index (χ2v) is 4.19. The summed E-state index contributed by atoms with van der Waals surface area (Å²) in [5.74, 6) is 0.128. The second-order valence-electron chi connectivity index (χ2n) is 4.19. The van der Waals surface area contributed by atoms with E-state index in [0.29, 0.717) is 37.6 Å². The molecule has 8 nitrogen and oxygen atoms in total. The highest BCUT2D eigenvalue weighted by molar-refractivity contribution is 5.69. The van der Waals surface area contributed by atoms with Crippen molar-refractivity contribution in [2.75, 3.05) is 18.5 Å². The van der Waals surface area contributed by atoms with Gasteiger partial charge in [0.25, 0.3) is 0 Å². The molecule has 0 saturated heterocycles. The number of ether oxygens (including phenoxy) is 1. The molecule has 0 spiro atoms. The second kappa shape index (κ2) is 7.46. The van der Waals surface area contributed by atoms with Gasteiger partial charge < -0.3 is 10.1 Å². The van der Waals surface area contributed by atoms with Crippen molar-refractivity contribution in [3.63, 3.8) is 0 Å². The van der Waals surface area contributed by atoms with Crippen molar-refractivity contribution in [3.05, 3.63) is 15.8 Å². The van der Waals surface area contributed by atoms with Gasteiger partial charge in [-0.1, -0.05) is 0 Å². The number of nitrogens with one attached hydrogen (secondary N) is 1. The highest BCUT2D eigenvalue weighted by Gasteiger charge is 2.24. The van der Waals surface area contributed by atoms with Crippen LogP contribution >= 0.6 is 0 Å². The predicted molar refractivity (Wildman–Crippen MR) is 73.6 cm³/mol. The highest BCUT2D eigenvalue weighted by Crippen LogP contribution is 2.27. The zero-order valence-corrected chi connectivity index (χ0v) is 12.0. The van der Waals surface area contributed by atoms with Gasteiger partial charge in [-0.05, 0) is 27.2 Å². The Morgan fingerprint density at radius 1 is 1.50 bits per heavy atom. The van der Waals surface area contributed by atoms with Crippen molar-refractivity contribution in [2.45, 2.75) is 40.2 Å². The number of anilines is 1. The third kappa shape index (κ3) is 3.94. The number of nitrogens with zero attached hydrogens (tertiary/aromatic N) is 3. The standard InChI is InChI=1S/C12H20N4O4/c1-4-15-12(11(16(18)19)9(3)14-15)13-8-6-7-10(17)20-5-2/h13H,4-8H2,1-3H3. The van der Waals surface area contributed by atoms with E-state index in [1.54, 1.807) is 18.5 Å². The maximum absolute atomic E-state index is 11.2. The number of hydrogen-bond donors (Lipinski definition) is 1. The fourth-order valence-electron chi connectivity index (χ4n) is 1.87. The van der Waals surface area contributed by atoms with Gasteiger partial charge in [-0.2, -0.15) is 5.10 Å². The number of carbonyl (C=O) groups excluding carboxylic acids is 1. The first kappa shape index (κ1) is 15.9. The molecule has 0 radical (unpaired) electrons.